The number of amides is 3. The van der Waals surface area contributed by atoms with Crippen LogP contribution in [0.5, 0.6) is 0 Å². The topological polar surface area (TPSA) is 139 Å². The zero-order valence-electron chi connectivity index (χ0n) is 19.2. The van der Waals surface area contributed by atoms with Crippen molar-refractivity contribution >= 4 is 29.6 Å². The third-order valence-electron chi connectivity index (χ3n) is 5.48. The molecule has 2 aliphatic heterocycles. The molecule has 3 amide bonds. The van der Waals surface area contributed by atoms with E-state index >= 15 is 0 Å². The molecular weight excluding hydrogens is 473 g/mol. The van der Waals surface area contributed by atoms with Crippen molar-refractivity contribution in [1.82, 2.24) is 15.5 Å². The molecule has 1 atom stereocenters. The second-order valence-corrected chi connectivity index (χ2v) is 8.24. The van der Waals surface area contributed by atoms with Crippen LogP contribution in [0.2, 0.25) is 0 Å². The van der Waals surface area contributed by atoms with E-state index in [9.17, 15) is 27.6 Å². The predicted molar refractivity (Wildman–Crippen MR) is 119 cm³/mol. The Morgan fingerprint density at radius 1 is 1.11 bits per heavy atom. The van der Waals surface area contributed by atoms with E-state index in [4.69, 9.17) is 15.0 Å². The van der Waals surface area contributed by atoms with Crippen LogP contribution >= 0.6 is 0 Å². The quantitative estimate of drug-likeness (QED) is 0.444. The summed E-state index contributed by atoms with van der Waals surface area (Å²) in [5.74, 6) is -3.94. The molecule has 2 aliphatic rings. The largest absolute Gasteiger partial charge is 0.490 e. The summed E-state index contributed by atoms with van der Waals surface area (Å²) < 4.78 is 31.7. The lowest BCUT2D eigenvalue weighted by Crippen LogP contribution is -2.38. The minimum atomic E-state index is -5.08. The van der Waals surface area contributed by atoms with Crippen molar-refractivity contribution in [2.75, 3.05) is 37.6 Å². The molecule has 0 radical (unpaired) electrons. The number of anilines is 1. The Morgan fingerprint density at radius 3 is 2.34 bits per heavy atom. The summed E-state index contributed by atoms with van der Waals surface area (Å²) in [6.45, 7) is 5.10. The number of fused-ring (bicyclic) bond motifs is 1. The van der Waals surface area contributed by atoms with Gasteiger partial charge >= 0.3 is 24.1 Å². The summed E-state index contributed by atoms with van der Waals surface area (Å²) in [6.07, 6.45) is -3.07. The molecule has 4 N–H and O–H groups in total. The van der Waals surface area contributed by atoms with Crippen LogP contribution in [-0.4, -0.2) is 83.9 Å². The van der Waals surface area contributed by atoms with Crippen LogP contribution in [0.15, 0.2) is 18.2 Å². The van der Waals surface area contributed by atoms with E-state index in [0.29, 0.717) is 19.6 Å². The fourth-order valence-electron chi connectivity index (χ4n) is 3.75. The highest BCUT2D eigenvalue weighted by atomic mass is 19.4. The molecule has 1 unspecified atom stereocenters. The Hall–Kier alpha value is -3.35. The number of alkyl halides is 3. The number of halogens is 3. The van der Waals surface area contributed by atoms with Gasteiger partial charge in [-0.1, -0.05) is 6.07 Å². The van der Waals surface area contributed by atoms with E-state index in [1.807, 2.05) is 6.07 Å². The zero-order valence-corrected chi connectivity index (χ0v) is 19.2. The first kappa shape index (κ1) is 27.9. The normalized spacial score (nSPS) is 16.5. The molecule has 1 aromatic carbocycles. The van der Waals surface area contributed by atoms with Crippen LogP contribution in [0, 0.1) is 0 Å². The number of hydrogen-bond donors (Lipinski definition) is 4. The van der Waals surface area contributed by atoms with E-state index in [1.165, 1.54) is 11.1 Å². The maximum atomic E-state index is 12.8. The monoisotopic (exact) mass is 502 g/mol. The van der Waals surface area contributed by atoms with Crippen molar-refractivity contribution in [1.29, 1.82) is 0 Å². The first-order valence-electron chi connectivity index (χ1n) is 11.1. The second-order valence-electron chi connectivity index (χ2n) is 8.24. The number of urea groups is 1. The lowest BCUT2D eigenvalue weighted by molar-refractivity contribution is -0.192. The number of benzene rings is 1. The Balaban J connectivity index is 0.000000540. The second kappa shape index (κ2) is 12.4. The van der Waals surface area contributed by atoms with E-state index in [0.717, 1.165) is 31.6 Å². The van der Waals surface area contributed by atoms with Crippen LogP contribution in [-0.2, 0) is 27.2 Å². The third-order valence-corrected chi connectivity index (χ3v) is 5.48. The van der Waals surface area contributed by atoms with Crippen LogP contribution in [0.3, 0.4) is 0 Å². The molecule has 1 aromatic rings. The smallest absolute Gasteiger partial charge is 0.481 e. The molecule has 1 fully saturated rings. The highest BCUT2D eigenvalue weighted by Gasteiger charge is 2.38. The third kappa shape index (κ3) is 8.74. The number of aliphatic carboxylic acids is 2. The average molecular weight is 502 g/mol. The molecule has 0 aromatic heterocycles. The molecule has 0 bridgehead atoms. The van der Waals surface area contributed by atoms with Gasteiger partial charge in [0.05, 0.1) is 6.42 Å². The van der Waals surface area contributed by atoms with E-state index in [1.54, 1.807) is 16.7 Å². The summed E-state index contributed by atoms with van der Waals surface area (Å²) in [4.78, 5) is 47.7. The summed E-state index contributed by atoms with van der Waals surface area (Å²) in [7, 11) is 0. The number of hydrogen-bond acceptors (Lipinski definition) is 5. The lowest BCUT2D eigenvalue weighted by Gasteiger charge is -2.20. The van der Waals surface area contributed by atoms with Gasteiger partial charge in [0.2, 0.25) is 5.91 Å². The summed E-state index contributed by atoms with van der Waals surface area (Å²) in [5, 5.41) is 21.9. The Morgan fingerprint density at radius 2 is 1.74 bits per heavy atom. The van der Waals surface area contributed by atoms with Gasteiger partial charge in [-0.2, -0.15) is 13.2 Å². The Labute approximate surface area is 200 Å². The van der Waals surface area contributed by atoms with Gasteiger partial charge in [-0.15, -0.1) is 0 Å². The van der Waals surface area contributed by atoms with Crippen molar-refractivity contribution in [2.45, 2.75) is 44.8 Å². The number of rotatable bonds is 7. The molecular formula is C22H29F3N4O6. The minimum Gasteiger partial charge on any atom is -0.481 e. The van der Waals surface area contributed by atoms with E-state index in [2.05, 4.69) is 22.8 Å². The molecule has 35 heavy (non-hydrogen) atoms. The molecule has 2 heterocycles. The van der Waals surface area contributed by atoms with Crippen LogP contribution < -0.4 is 15.5 Å². The first-order chi connectivity index (χ1) is 16.4. The van der Waals surface area contributed by atoms with Gasteiger partial charge in [-0.05, 0) is 56.1 Å². The van der Waals surface area contributed by atoms with Gasteiger partial charge < -0.3 is 25.7 Å². The van der Waals surface area contributed by atoms with E-state index in [-0.39, 0.29) is 24.8 Å². The molecule has 3 rings (SSSR count). The molecule has 194 valence electrons. The highest BCUT2D eigenvalue weighted by Crippen LogP contribution is 2.25. The van der Waals surface area contributed by atoms with Gasteiger partial charge in [-0.3, -0.25) is 14.5 Å². The Bertz CT molecular complexity index is 940. The van der Waals surface area contributed by atoms with Crippen molar-refractivity contribution in [2.24, 2.45) is 0 Å². The van der Waals surface area contributed by atoms with Gasteiger partial charge in [0.15, 0.2) is 0 Å². The van der Waals surface area contributed by atoms with Crippen molar-refractivity contribution in [3.05, 3.63) is 29.3 Å². The zero-order chi connectivity index (χ0) is 26.2. The fraction of sp³-hybridized carbons (Fsp3) is 0.545. The first-order valence-corrected chi connectivity index (χ1v) is 11.1. The molecule has 1 saturated heterocycles. The van der Waals surface area contributed by atoms with Gasteiger partial charge in [0, 0.05) is 37.8 Å². The van der Waals surface area contributed by atoms with Crippen LogP contribution in [0.4, 0.5) is 23.7 Å². The number of carboxylic acids is 2. The summed E-state index contributed by atoms with van der Waals surface area (Å²) in [6, 6.07) is 5.73. The highest BCUT2D eigenvalue weighted by molar-refractivity contribution is 5.94. The average Bonchev–Trinajstić information content (AvgIpc) is 2.96. The van der Waals surface area contributed by atoms with Crippen LogP contribution in [0.1, 0.15) is 30.9 Å². The minimum absolute atomic E-state index is 0.0851. The molecule has 0 saturated carbocycles. The number of carbonyl (C=O) groups excluding carboxylic acids is 2. The number of nitrogens with zero attached hydrogens (tertiary/aromatic N) is 2. The maximum absolute atomic E-state index is 12.8. The van der Waals surface area contributed by atoms with Crippen molar-refractivity contribution < 1.29 is 42.6 Å². The number of carbonyl (C=O) groups is 4. The van der Waals surface area contributed by atoms with Gasteiger partial charge in [0.25, 0.3) is 0 Å². The standard InChI is InChI=1S/C20H28N4O4.C2HF3O2/c1-14(12-19(26)27)22-18(25)6-9-23-10-11-24(20(23)28)17-3-2-15-4-7-21-8-5-16(15)13-17;3-2(4,5)1(6)7/h2-3,13-14,21H,4-12H2,1H3,(H,22,25)(H,26,27);(H,6,7). The molecule has 13 heteroatoms. The summed E-state index contributed by atoms with van der Waals surface area (Å²) in [5.41, 5.74) is 3.54. The SMILES string of the molecule is CC(CC(=O)O)NC(=O)CCN1CCN(c2ccc3c(c2)CCNCC3)C1=O.O=C(O)C(F)(F)F. The van der Waals surface area contributed by atoms with Crippen molar-refractivity contribution in [3.8, 4) is 0 Å². The Kier molecular flexibility index (Phi) is 9.87. The summed E-state index contributed by atoms with van der Waals surface area (Å²) >= 11 is 0. The predicted octanol–water partition coefficient (Wildman–Crippen LogP) is 1.62. The fourth-order valence-corrected chi connectivity index (χ4v) is 3.75. The van der Waals surface area contributed by atoms with Crippen molar-refractivity contribution in [3.63, 3.8) is 0 Å². The molecule has 0 spiro atoms. The van der Waals surface area contributed by atoms with Gasteiger partial charge in [-0.25, -0.2) is 9.59 Å². The van der Waals surface area contributed by atoms with Gasteiger partial charge in [0.1, 0.15) is 0 Å². The lowest BCUT2D eigenvalue weighted by atomic mass is 10.0. The van der Waals surface area contributed by atoms with Crippen LogP contribution in [0.25, 0.3) is 0 Å². The molecule has 10 nitrogen and oxygen atoms in total. The maximum Gasteiger partial charge on any atom is 0.490 e. The molecule has 0 aliphatic carbocycles. The number of carboxylic acid groups (broad SMARTS) is 2. The number of nitrogens with one attached hydrogen (secondary N) is 2. The van der Waals surface area contributed by atoms with E-state index < -0.39 is 24.2 Å².